The van der Waals surface area contributed by atoms with Crippen molar-refractivity contribution >= 4 is 11.7 Å². The van der Waals surface area contributed by atoms with Crippen LogP contribution in [0.4, 0.5) is 27.6 Å². The lowest BCUT2D eigenvalue weighted by Gasteiger charge is -2.07. The van der Waals surface area contributed by atoms with Gasteiger partial charge >= 0.3 is 5.97 Å². The highest BCUT2D eigenvalue weighted by Crippen LogP contribution is 2.26. The fourth-order valence-electron chi connectivity index (χ4n) is 0.928. The van der Waals surface area contributed by atoms with Crippen LogP contribution in [0.3, 0.4) is 0 Å². The molecule has 0 spiro atoms. The molecule has 0 atom stereocenters. The van der Waals surface area contributed by atoms with Crippen molar-refractivity contribution in [1.82, 2.24) is 0 Å². The van der Waals surface area contributed by atoms with E-state index in [-0.39, 0.29) is 0 Å². The molecule has 8 heteroatoms. The van der Waals surface area contributed by atoms with Gasteiger partial charge in [-0.1, -0.05) is 0 Å². The largest absolute Gasteiger partial charge is 0.478 e. The summed E-state index contributed by atoms with van der Waals surface area (Å²) >= 11 is 0. The summed E-state index contributed by atoms with van der Waals surface area (Å²) in [6.07, 6.45) is 0.957. The number of carboxylic acids is 1. The number of nitrogens with one attached hydrogen (secondary N) is 1. The Morgan fingerprint density at radius 3 is 1.76 bits per heavy atom. The van der Waals surface area contributed by atoms with Crippen LogP contribution in [-0.4, -0.2) is 11.1 Å². The standard InChI is InChI=1S/C9H4F5NO2/c10-4-5(11)7(13)9(8(14)6(4)12)15-2-1-3(16)17/h1-2,15H,(H,16,17)/b2-1+. The molecule has 1 aromatic rings. The topological polar surface area (TPSA) is 49.3 Å². The first kappa shape index (κ1) is 12.9. The molecule has 0 aromatic heterocycles. The van der Waals surface area contributed by atoms with Gasteiger partial charge < -0.3 is 10.4 Å². The number of halogens is 5. The maximum absolute atomic E-state index is 13.0. The summed E-state index contributed by atoms with van der Waals surface area (Å²) in [5, 5.41) is 9.82. The van der Waals surface area contributed by atoms with E-state index in [1.807, 2.05) is 0 Å². The van der Waals surface area contributed by atoms with E-state index in [1.165, 1.54) is 0 Å². The quantitative estimate of drug-likeness (QED) is 0.376. The van der Waals surface area contributed by atoms with Crippen molar-refractivity contribution in [1.29, 1.82) is 0 Å². The number of hydrogen-bond acceptors (Lipinski definition) is 2. The Labute approximate surface area is 91.2 Å². The third-order valence-corrected chi connectivity index (χ3v) is 1.66. The van der Waals surface area contributed by atoms with Crippen molar-refractivity contribution in [3.05, 3.63) is 41.4 Å². The van der Waals surface area contributed by atoms with E-state index in [4.69, 9.17) is 5.11 Å². The van der Waals surface area contributed by atoms with Crippen LogP contribution in [0.1, 0.15) is 0 Å². The van der Waals surface area contributed by atoms with E-state index in [0.29, 0.717) is 12.3 Å². The van der Waals surface area contributed by atoms with Crippen molar-refractivity contribution in [3.8, 4) is 0 Å². The molecule has 0 aliphatic carbocycles. The number of hydrogen-bond donors (Lipinski definition) is 2. The highest BCUT2D eigenvalue weighted by molar-refractivity contribution is 5.80. The van der Waals surface area contributed by atoms with Crippen molar-refractivity contribution < 1.29 is 31.9 Å². The van der Waals surface area contributed by atoms with E-state index in [0.717, 1.165) is 0 Å². The molecule has 17 heavy (non-hydrogen) atoms. The molecule has 0 heterocycles. The molecule has 0 fully saturated rings. The summed E-state index contributed by atoms with van der Waals surface area (Å²) in [6, 6.07) is 0. The van der Waals surface area contributed by atoms with Crippen molar-refractivity contribution in [2.45, 2.75) is 0 Å². The first-order valence-electron chi connectivity index (χ1n) is 4.03. The molecule has 3 nitrogen and oxygen atoms in total. The highest BCUT2D eigenvalue weighted by Gasteiger charge is 2.25. The summed E-state index contributed by atoms with van der Waals surface area (Å²) in [5.74, 6) is -12.1. The SMILES string of the molecule is O=C(O)/C=C/Nc1c(F)c(F)c(F)c(F)c1F. The van der Waals surface area contributed by atoms with E-state index < -0.39 is 40.7 Å². The number of rotatable bonds is 3. The molecule has 92 valence electrons. The molecule has 0 saturated heterocycles. The second-order valence-electron chi connectivity index (χ2n) is 2.76. The van der Waals surface area contributed by atoms with Crippen LogP contribution in [0, 0.1) is 29.1 Å². The number of aliphatic carboxylic acids is 1. The van der Waals surface area contributed by atoms with Gasteiger partial charge in [-0.05, 0) is 0 Å². The fourth-order valence-corrected chi connectivity index (χ4v) is 0.928. The number of anilines is 1. The predicted octanol–water partition coefficient (Wildman–Crippen LogP) is 2.39. The second kappa shape index (κ2) is 4.81. The van der Waals surface area contributed by atoms with Gasteiger partial charge in [-0.25, -0.2) is 26.7 Å². The average Bonchev–Trinajstić information content (AvgIpc) is 2.28. The zero-order valence-corrected chi connectivity index (χ0v) is 7.90. The van der Waals surface area contributed by atoms with Gasteiger partial charge in [-0.3, -0.25) is 0 Å². The van der Waals surface area contributed by atoms with Gasteiger partial charge in [0.15, 0.2) is 23.3 Å². The van der Waals surface area contributed by atoms with Crippen LogP contribution in [0.25, 0.3) is 0 Å². The van der Waals surface area contributed by atoms with Crippen LogP contribution >= 0.6 is 0 Å². The smallest absolute Gasteiger partial charge is 0.329 e. The zero-order valence-electron chi connectivity index (χ0n) is 7.90. The maximum atomic E-state index is 13.0. The highest BCUT2D eigenvalue weighted by atomic mass is 19.2. The number of benzene rings is 1. The van der Waals surface area contributed by atoms with Crippen molar-refractivity contribution in [2.75, 3.05) is 5.32 Å². The minimum Gasteiger partial charge on any atom is -0.478 e. The lowest BCUT2D eigenvalue weighted by Crippen LogP contribution is -2.06. The van der Waals surface area contributed by atoms with E-state index >= 15 is 0 Å². The first-order valence-corrected chi connectivity index (χ1v) is 4.03. The van der Waals surface area contributed by atoms with E-state index in [9.17, 15) is 26.7 Å². The Bertz CT molecular complexity index is 472. The molecule has 0 radical (unpaired) electrons. The normalized spacial score (nSPS) is 10.9. The molecule has 0 saturated carbocycles. The third-order valence-electron chi connectivity index (χ3n) is 1.66. The molecule has 0 aliphatic heterocycles. The second-order valence-corrected chi connectivity index (χ2v) is 2.76. The Balaban J connectivity index is 3.20. The molecule has 1 rings (SSSR count). The molecular weight excluding hydrogens is 249 g/mol. The van der Waals surface area contributed by atoms with E-state index in [2.05, 4.69) is 0 Å². The molecule has 0 amide bonds. The molecule has 0 bridgehead atoms. The Kier molecular flexibility index (Phi) is 3.66. The fraction of sp³-hybridized carbons (Fsp3) is 0. The van der Waals surface area contributed by atoms with Gasteiger partial charge in [0.25, 0.3) is 0 Å². The summed E-state index contributed by atoms with van der Waals surface area (Å²) in [5.41, 5.74) is -1.32. The minimum atomic E-state index is -2.28. The summed E-state index contributed by atoms with van der Waals surface area (Å²) in [7, 11) is 0. The Hall–Kier alpha value is -2.12. The van der Waals surface area contributed by atoms with Gasteiger partial charge in [0.05, 0.1) is 0 Å². The molecule has 0 aliphatic rings. The molecule has 2 N–H and O–H groups in total. The van der Waals surface area contributed by atoms with Gasteiger partial charge in [-0.2, -0.15) is 0 Å². The van der Waals surface area contributed by atoms with E-state index in [1.54, 1.807) is 5.32 Å². The van der Waals surface area contributed by atoms with Crippen LogP contribution in [0.2, 0.25) is 0 Å². The lowest BCUT2D eigenvalue weighted by molar-refractivity contribution is -0.131. The summed E-state index contributed by atoms with van der Waals surface area (Å²) in [4.78, 5) is 10.0. The van der Waals surface area contributed by atoms with Crippen LogP contribution in [0.15, 0.2) is 12.3 Å². The van der Waals surface area contributed by atoms with Gasteiger partial charge in [-0.15, -0.1) is 0 Å². The molecule has 1 aromatic carbocycles. The van der Waals surface area contributed by atoms with Gasteiger partial charge in [0, 0.05) is 12.3 Å². The Morgan fingerprint density at radius 1 is 0.941 bits per heavy atom. The van der Waals surface area contributed by atoms with Crippen molar-refractivity contribution in [2.24, 2.45) is 0 Å². The summed E-state index contributed by atoms with van der Waals surface area (Å²) < 4.78 is 63.8. The maximum Gasteiger partial charge on any atom is 0.329 e. The Morgan fingerprint density at radius 2 is 1.35 bits per heavy atom. The molecular formula is C9H4F5NO2. The predicted molar refractivity (Wildman–Crippen MR) is 46.6 cm³/mol. The minimum absolute atomic E-state index is 0.429. The van der Waals surface area contributed by atoms with Crippen LogP contribution in [0.5, 0.6) is 0 Å². The number of carboxylic acid groups (broad SMARTS) is 1. The monoisotopic (exact) mass is 253 g/mol. The van der Waals surface area contributed by atoms with Gasteiger partial charge in [0.1, 0.15) is 5.69 Å². The van der Waals surface area contributed by atoms with Crippen molar-refractivity contribution in [3.63, 3.8) is 0 Å². The average molecular weight is 253 g/mol. The van der Waals surface area contributed by atoms with Crippen LogP contribution < -0.4 is 5.32 Å². The van der Waals surface area contributed by atoms with Gasteiger partial charge in [0.2, 0.25) is 5.82 Å². The summed E-state index contributed by atoms with van der Waals surface area (Å²) in [6.45, 7) is 0. The molecule has 0 unspecified atom stereocenters. The third kappa shape index (κ3) is 2.52. The number of carbonyl (C=O) groups is 1. The zero-order chi connectivity index (χ0) is 13.2. The first-order chi connectivity index (χ1) is 7.86. The van der Waals surface area contributed by atoms with Crippen LogP contribution in [-0.2, 0) is 4.79 Å². The lowest BCUT2D eigenvalue weighted by atomic mass is 10.2.